The Morgan fingerprint density at radius 1 is 1.25 bits per heavy atom. The molecular formula is C13H18N2O. The van der Waals surface area contributed by atoms with Gasteiger partial charge in [-0.2, -0.15) is 0 Å². The van der Waals surface area contributed by atoms with Crippen LogP contribution in [0.3, 0.4) is 0 Å². The predicted octanol–water partition coefficient (Wildman–Crippen LogP) is 1.48. The predicted molar refractivity (Wildman–Crippen MR) is 63.8 cm³/mol. The molecular weight excluding hydrogens is 200 g/mol. The number of carbonyl (C=O) groups is 1. The van der Waals surface area contributed by atoms with Gasteiger partial charge in [0, 0.05) is 13.1 Å². The van der Waals surface area contributed by atoms with E-state index >= 15 is 0 Å². The maximum absolute atomic E-state index is 12.3. The third-order valence-corrected chi connectivity index (χ3v) is 3.21. The number of rotatable bonds is 2. The van der Waals surface area contributed by atoms with E-state index in [-0.39, 0.29) is 5.91 Å². The van der Waals surface area contributed by atoms with E-state index in [2.05, 4.69) is 0 Å². The summed E-state index contributed by atoms with van der Waals surface area (Å²) in [5.74, 6) is 0.0381. The first-order valence-electron chi connectivity index (χ1n) is 5.76. The first-order chi connectivity index (χ1) is 7.62. The second kappa shape index (κ2) is 4.26. The van der Waals surface area contributed by atoms with Crippen LogP contribution in [0, 0.1) is 0 Å². The van der Waals surface area contributed by atoms with Crippen LogP contribution < -0.4 is 5.73 Å². The van der Waals surface area contributed by atoms with Crippen molar-refractivity contribution in [2.24, 2.45) is 5.73 Å². The van der Waals surface area contributed by atoms with Crippen molar-refractivity contribution >= 4 is 5.91 Å². The standard InChI is InChI=1S/C13H18N2O/c1-13(14,11-7-3-2-4-8-11)12(16)15-9-5-6-10-15/h2-4,7-8H,5-6,9-10,14H2,1H3. The zero-order valence-corrected chi connectivity index (χ0v) is 9.65. The molecule has 2 rings (SSSR count). The number of nitrogens with two attached hydrogens (primary N) is 1. The highest BCUT2D eigenvalue weighted by Crippen LogP contribution is 2.22. The summed E-state index contributed by atoms with van der Waals surface area (Å²) < 4.78 is 0. The molecule has 1 heterocycles. The van der Waals surface area contributed by atoms with Crippen molar-refractivity contribution in [3.05, 3.63) is 35.9 Å². The van der Waals surface area contributed by atoms with Crippen LogP contribution in [0.15, 0.2) is 30.3 Å². The molecule has 1 fully saturated rings. The van der Waals surface area contributed by atoms with E-state index in [1.165, 1.54) is 0 Å². The molecule has 0 aromatic heterocycles. The molecule has 1 saturated heterocycles. The Kier molecular flexibility index (Phi) is 2.97. The van der Waals surface area contributed by atoms with Crippen molar-refractivity contribution in [1.29, 1.82) is 0 Å². The highest BCUT2D eigenvalue weighted by molar-refractivity contribution is 5.87. The molecule has 0 spiro atoms. The van der Waals surface area contributed by atoms with Gasteiger partial charge in [0.2, 0.25) is 5.91 Å². The van der Waals surface area contributed by atoms with Gasteiger partial charge >= 0.3 is 0 Å². The smallest absolute Gasteiger partial charge is 0.246 e. The molecule has 3 nitrogen and oxygen atoms in total. The summed E-state index contributed by atoms with van der Waals surface area (Å²) in [6.45, 7) is 3.49. The first-order valence-corrected chi connectivity index (χ1v) is 5.76. The second-order valence-corrected chi connectivity index (χ2v) is 4.57. The molecule has 1 aromatic rings. The van der Waals surface area contributed by atoms with Crippen LogP contribution in [-0.2, 0) is 10.3 Å². The molecule has 86 valence electrons. The fourth-order valence-electron chi connectivity index (χ4n) is 2.16. The van der Waals surface area contributed by atoms with Crippen LogP contribution in [0.1, 0.15) is 25.3 Å². The maximum atomic E-state index is 12.3. The summed E-state index contributed by atoms with van der Waals surface area (Å²) in [4.78, 5) is 14.1. The third-order valence-electron chi connectivity index (χ3n) is 3.21. The summed E-state index contributed by atoms with van der Waals surface area (Å²) in [5, 5.41) is 0. The molecule has 1 aliphatic heterocycles. The van der Waals surface area contributed by atoms with E-state index in [9.17, 15) is 4.79 Å². The van der Waals surface area contributed by atoms with Crippen molar-refractivity contribution in [2.75, 3.05) is 13.1 Å². The van der Waals surface area contributed by atoms with Crippen molar-refractivity contribution in [2.45, 2.75) is 25.3 Å². The number of benzene rings is 1. The normalized spacial score (nSPS) is 19.5. The average Bonchev–Trinajstić information content (AvgIpc) is 2.82. The lowest BCUT2D eigenvalue weighted by Crippen LogP contribution is -2.50. The molecule has 3 heteroatoms. The minimum absolute atomic E-state index is 0.0381. The zero-order chi connectivity index (χ0) is 11.6. The summed E-state index contributed by atoms with van der Waals surface area (Å²) in [7, 11) is 0. The molecule has 1 aromatic carbocycles. The molecule has 1 amide bonds. The minimum atomic E-state index is -0.897. The Morgan fingerprint density at radius 3 is 2.38 bits per heavy atom. The highest BCUT2D eigenvalue weighted by Gasteiger charge is 2.35. The van der Waals surface area contributed by atoms with Gasteiger partial charge in [-0.1, -0.05) is 30.3 Å². The Balaban J connectivity index is 2.21. The second-order valence-electron chi connectivity index (χ2n) is 4.57. The molecule has 1 atom stereocenters. The summed E-state index contributed by atoms with van der Waals surface area (Å²) in [6.07, 6.45) is 2.19. The zero-order valence-electron chi connectivity index (χ0n) is 9.65. The molecule has 16 heavy (non-hydrogen) atoms. The molecule has 0 bridgehead atoms. The lowest BCUT2D eigenvalue weighted by atomic mass is 9.92. The summed E-state index contributed by atoms with van der Waals surface area (Å²) in [6, 6.07) is 9.58. The Bertz CT molecular complexity index is 367. The number of hydrogen-bond acceptors (Lipinski definition) is 2. The van der Waals surface area contributed by atoms with E-state index in [1.54, 1.807) is 6.92 Å². The van der Waals surface area contributed by atoms with Crippen LogP contribution in [0.5, 0.6) is 0 Å². The fraction of sp³-hybridized carbons (Fsp3) is 0.462. The summed E-state index contributed by atoms with van der Waals surface area (Å²) in [5.41, 5.74) is 6.15. The molecule has 1 unspecified atom stereocenters. The molecule has 0 radical (unpaired) electrons. The van der Waals surface area contributed by atoms with Crippen molar-refractivity contribution in [3.63, 3.8) is 0 Å². The number of amides is 1. The van der Waals surface area contributed by atoms with Gasteiger partial charge in [-0.25, -0.2) is 0 Å². The van der Waals surface area contributed by atoms with Gasteiger partial charge in [0.25, 0.3) is 0 Å². The van der Waals surface area contributed by atoms with Gasteiger partial charge < -0.3 is 10.6 Å². The van der Waals surface area contributed by atoms with E-state index in [0.717, 1.165) is 31.5 Å². The van der Waals surface area contributed by atoms with Crippen LogP contribution in [-0.4, -0.2) is 23.9 Å². The van der Waals surface area contributed by atoms with Gasteiger partial charge in [-0.15, -0.1) is 0 Å². The van der Waals surface area contributed by atoms with Crippen molar-refractivity contribution in [3.8, 4) is 0 Å². The molecule has 1 aliphatic rings. The lowest BCUT2D eigenvalue weighted by molar-refractivity contribution is -0.135. The molecule has 0 aliphatic carbocycles. The fourth-order valence-corrected chi connectivity index (χ4v) is 2.16. The lowest BCUT2D eigenvalue weighted by Gasteiger charge is -2.29. The quantitative estimate of drug-likeness (QED) is 0.817. The average molecular weight is 218 g/mol. The van der Waals surface area contributed by atoms with Gasteiger partial charge in [0.05, 0.1) is 0 Å². The number of likely N-dealkylation sites (tertiary alicyclic amines) is 1. The third kappa shape index (κ3) is 1.95. The number of nitrogens with zero attached hydrogens (tertiary/aromatic N) is 1. The van der Waals surface area contributed by atoms with E-state index in [1.807, 2.05) is 35.2 Å². The van der Waals surface area contributed by atoms with E-state index in [0.29, 0.717) is 0 Å². The minimum Gasteiger partial charge on any atom is -0.341 e. The number of carbonyl (C=O) groups excluding carboxylic acids is 1. The largest absolute Gasteiger partial charge is 0.341 e. The summed E-state index contributed by atoms with van der Waals surface area (Å²) >= 11 is 0. The Morgan fingerprint density at radius 2 is 1.81 bits per heavy atom. The Hall–Kier alpha value is -1.35. The van der Waals surface area contributed by atoms with Crippen LogP contribution in [0.4, 0.5) is 0 Å². The van der Waals surface area contributed by atoms with Gasteiger partial charge in [-0.3, -0.25) is 4.79 Å². The van der Waals surface area contributed by atoms with Crippen LogP contribution in [0.2, 0.25) is 0 Å². The van der Waals surface area contributed by atoms with Crippen LogP contribution in [0.25, 0.3) is 0 Å². The molecule has 2 N–H and O–H groups in total. The highest BCUT2D eigenvalue weighted by atomic mass is 16.2. The van der Waals surface area contributed by atoms with Gasteiger partial charge in [-0.05, 0) is 25.3 Å². The Labute approximate surface area is 96.2 Å². The van der Waals surface area contributed by atoms with E-state index in [4.69, 9.17) is 5.73 Å². The topological polar surface area (TPSA) is 46.3 Å². The monoisotopic (exact) mass is 218 g/mol. The van der Waals surface area contributed by atoms with Crippen LogP contribution >= 0.6 is 0 Å². The van der Waals surface area contributed by atoms with E-state index < -0.39 is 5.54 Å². The SMILES string of the molecule is CC(N)(C(=O)N1CCCC1)c1ccccc1. The van der Waals surface area contributed by atoms with Gasteiger partial charge in [0.1, 0.15) is 5.54 Å². The molecule has 0 saturated carbocycles. The maximum Gasteiger partial charge on any atom is 0.246 e. The number of hydrogen-bond donors (Lipinski definition) is 1. The first kappa shape index (κ1) is 11.1. The van der Waals surface area contributed by atoms with Crippen molar-refractivity contribution < 1.29 is 4.79 Å². The van der Waals surface area contributed by atoms with Gasteiger partial charge in [0.15, 0.2) is 0 Å². The van der Waals surface area contributed by atoms with Crippen molar-refractivity contribution in [1.82, 2.24) is 4.90 Å².